The lowest BCUT2D eigenvalue weighted by Crippen LogP contribution is -2.52. The lowest BCUT2D eigenvalue weighted by atomic mass is 9.90. The van der Waals surface area contributed by atoms with Crippen molar-refractivity contribution >= 4 is 17.6 Å². The van der Waals surface area contributed by atoms with Gasteiger partial charge in [0.05, 0.1) is 13.0 Å². The van der Waals surface area contributed by atoms with Gasteiger partial charge in [-0.3, -0.25) is 4.79 Å². The van der Waals surface area contributed by atoms with E-state index in [-0.39, 0.29) is 11.8 Å². The molecule has 29 heavy (non-hydrogen) atoms. The number of benzene rings is 1. The van der Waals surface area contributed by atoms with Crippen molar-refractivity contribution in [2.75, 3.05) is 38.2 Å². The van der Waals surface area contributed by atoms with E-state index in [1.54, 1.807) is 21.0 Å². The van der Waals surface area contributed by atoms with Crippen molar-refractivity contribution in [3.63, 3.8) is 0 Å². The number of hydrogen-bond acceptors (Lipinski definition) is 6. The smallest absolute Gasteiger partial charge is 0.338 e. The molecule has 1 amide bonds. The van der Waals surface area contributed by atoms with Crippen molar-refractivity contribution in [1.29, 1.82) is 0 Å². The van der Waals surface area contributed by atoms with E-state index in [9.17, 15) is 9.59 Å². The first-order valence-corrected chi connectivity index (χ1v) is 10.3. The Balaban J connectivity index is 1.65. The molecule has 2 heterocycles. The summed E-state index contributed by atoms with van der Waals surface area (Å²) in [5, 5.41) is 0. The third-order valence-corrected chi connectivity index (χ3v) is 5.43. The molecule has 0 unspecified atom stereocenters. The molecular formula is C22H32N2O5. The number of ether oxygens (including phenoxy) is 3. The second-order valence-electron chi connectivity index (χ2n) is 8.61. The molecule has 0 spiro atoms. The fourth-order valence-corrected chi connectivity index (χ4v) is 4.00. The Morgan fingerprint density at radius 1 is 1.17 bits per heavy atom. The summed E-state index contributed by atoms with van der Waals surface area (Å²) in [6, 6.07) is 7.94. The summed E-state index contributed by atoms with van der Waals surface area (Å²) < 4.78 is 16.3. The van der Waals surface area contributed by atoms with E-state index < -0.39 is 23.8 Å². The molecule has 1 aromatic rings. The summed E-state index contributed by atoms with van der Waals surface area (Å²) in [6.45, 7) is 10.2. The van der Waals surface area contributed by atoms with Crippen LogP contribution < -0.4 is 9.64 Å². The first-order valence-electron chi connectivity index (χ1n) is 10.3. The van der Waals surface area contributed by atoms with E-state index in [4.69, 9.17) is 14.2 Å². The van der Waals surface area contributed by atoms with E-state index in [2.05, 4.69) is 4.90 Å². The molecule has 0 radical (unpaired) electrons. The Morgan fingerprint density at radius 3 is 2.28 bits per heavy atom. The molecule has 2 aliphatic heterocycles. The molecule has 2 atom stereocenters. The molecule has 0 bridgehead atoms. The Bertz CT molecular complexity index is 723. The molecule has 1 aromatic carbocycles. The number of methoxy groups -OCH3 is 1. The highest BCUT2D eigenvalue weighted by atomic mass is 16.8. The first kappa shape index (κ1) is 21.4. The van der Waals surface area contributed by atoms with Gasteiger partial charge in [-0.05, 0) is 36.6 Å². The molecule has 0 saturated carbocycles. The van der Waals surface area contributed by atoms with Gasteiger partial charge in [0.15, 0.2) is 6.10 Å². The molecule has 160 valence electrons. The average molecular weight is 405 g/mol. The van der Waals surface area contributed by atoms with Crippen molar-refractivity contribution < 1.29 is 23.8 Å². The molecule has 2 fully saturated rings. The van der Waals surface area contributed by atoms with Crippen LogP contribution in [0.5, 0.6) is 5.75 Å². The SMILES string of the molecule is COc1ccc(N2CCN(C(=O)[C@@H](CC(C)C)[C@@H]3OC(C)(C)OC3=O)CC2)cc1. The van der Waals surface area contributed by atoms with Crippen LogP contribution in [0.4, 0.5) is 5.69 Å². The van der Waals surface area contributed by atoms with Gasteiger partial charge in [-0.15, -0.1) is 0 Å². The van der Waals surface area contributed by atoms with Gasteiger partial charge in [0.25, 0.3) is 0 Å². The van der Waals surface area contributed by atoms with Crippen LogP contribution in [0.25, 0.3) is 0 Å². The van der Waals surface area contributed by atoms with Crippen LogP contribution in [0.2, 0.25) is 0 Å². The molecule has 7 heteroatoms. The summed E-state index contributed by atoms with van der Waals surface area (Å²) in [7, 11) is 1.65. The van der Waals surface area contributed by atoms with E-state index in [1.807, 2.05) is 43.0 Å². The van der Waals surface area contributed by atoms with Gasteiger partial charge in [0, 0.05) is 45.7 Å². The van der Waals surface area contributed by atoms with Crippen LogP contribution in [0.15, 0.2) is 24.3 Å². The standard InChI is InChI=1S/C22H32N2O5/c1-15(2)14-18(19-21(26)29-22(3,4)28-19)20(25)24-12-10-23(11-13-24)16-6-8-17(27-5)9-7-16/h6-9,15,18-19H,10-14H2,1-5H3/t18-,19-/m0/s1. The van der Waals surface area contributed by atoms with Crippen LogP contribution in [-0.4, -0.2) is 62.0 Å². The molecule has 0 N–H and O–H groups in total. The van der Waals surface area contributed by atoms with Crippen LogP contribution >= 0.6 is 0 Å². The van der Waals surface area contributed by atoms with Gasteiger partial charge >= 0.3 is 5.97 Å². The van der Waals surface area contributed by atoms with Crippen molar-refractivity contribution in [3.05, 3.63) is 24.3 Å². The molecule has 2 aliphatic rings. The predicted octanol–water partition coefficient (Wildman–Crippen LogP) is 2.68. The second kappa shape index (κ2) is 8.61. The summed E-state index contributed by atoms with van der Waals surface area (Å²) in [6.07, 6.45) is -0.243. The number of hydrogen-bond donors (Lipinski definition) is 0. The third kappa shape index (κ3) is 5.01. The van der Waals surface area contributed by atoms with E-state index in [0.717, 1.165) is 24.5 Å². The van der Waals surface area contributed by atoms with Crippen LogP contribution in [0.3, 0.4) is 0 Å². The predicted molar refractivity (Wildman–Crippen MR) is 110 cm³/mol. The number of carbonyl (C=O) groups excluding carboxylic acids is 2. The molecule has 2 saturated heterocycles. The number of amides is 1. The number of carbonyl (C=O) groups is 2. The van der Waals surface area contributed by atoms with Crippen LogP contribution in [0.1, 0.15) is 34.1 Å². The Labute approximate surface area is 172 Å². The lowest BCUT2D eigenvalue weighted by Gasteiger charge is -2.38. The summed E-state index contributed by atoms with van der Waals surface area (Å²) in [4.78, 5) is 29.8. The van der Waals surface area contributed by atoms with Crippen LogP contribution in [0, 0.1) is 11.8 Å². The Kier molecular flexibility index (Phi) is 6.36. The number of cyclic esters (lactones) is 1. The minimum absolute atomic E-state index is 0.0206. The van der Waals surface area contributed by atoms with Gasteiger partial charge < -0.3 is 24.0 Å². The highest BCUT2D eigenvalue weighted by Crippen LogP contribution is 2.32. The summed E-state index contributed by atoms with van der Waals surface area (Å²) in [5.74, 6) is -0.866. The van der Waals surface area contributed by atoms with E-state index in [0.29, 0.717) is 19.5 Å². The van der Waals surface area contributed by atoms with Crippen molar-refractivity contribution in [2.45, 2.75) is 46.0 Å². The zero-order valence-corrected chi connectivity index (χ0v) is 18.0. The van der Waals surface area contributed by atoms with E-state index >= 15 is 0 Å². The number of esters is 1. The van der Waals surface area contributed by atoms with Gasteiger partial charge in [0.1, 0.15) is 5.75 Å². The normalized spacial score (nSPS) is 22.6. The Morgan fingerprint density at radius 2 is 1.79 bits per heavy atom. The second-order valence-corrected chi connectivity index (χ2v) is 8.61. The number of anilines is 1. The number of nitrogens with zero attached hydrogens (tertiary/aromatic N) is 2. The molecular weight excluding hydrogens is 372 g/mol. The molecule has 0 aromatic heterocycles. The molecule has 7 nitrogen and oxygen atoms in total. The zero-order valence-electron chi connectivity index (χ0n) is 18.0. The zero-order chi connectivity index (χ0) is 21.2. The summed E-state index contributed by atoms with van der Waals surface area (Å²) in [5.41, 5.74) is 1.11. The van der Waals surface area contributed by atoms with Gasteiger partial charge in [0.2, 0.25) is 11.7 Å². The van der Waals surface area contributed by atoms with Crippen LogP contribution in [-0.2, 0) is 19.1 Å². The fraction of sp³-hybridized carbons (Fsp3) is 0.636. The monoisotopic (exact) mass is 404 g/mol. The van der Waals surface area contributed by atoms with E-state index in [1.165, 1.54) is 0 Å². The van der Waals surface area contributed by atoms with Gasteiger partial charge in [-0.25, -0.2) is 4.79 Å². The maximum Gasteiger partial charge on any atom is 0.338 e. The third-order valence-electron chi connectivity index (χ3n) is 5.43. The molecule has 0 aliphatic carbocycles. The van der Waals surface area contributed by atoms with Gasteiger partial charge in [-0.1, -0.05) is 13.8 Å². The lowest BCUT2D eigenvalue weighted by molar-refractivity contribution is -0.163. The van der Waals surface area contributed by atoms with Crippen molar-refractivity contribution in [1.82, 2.24) is 4.90 Å². The highest BCUT2D eigenvalue weighted by molar-refractivity contribution is 5.88. The number of piperazine rings is 1. The highest BCUT2D eigenvalue weighted by Gasteiger charge is 2.48. The van der Waals surface area contributed by atoms with Crippen molar-refractivity contribution in [2.24, 2.45) is 11.8 Å². The maximum absolute atomic E-state index is 13.3. The minimum atomic E-state index is -0.982. The first-order chi connectivity index (χ1) is 13.7. The number of rotatable bonds is 6. The topological polar surface area (TPSA) is 68.3 Å². The quantitative estimate of drug-likeness (QED) is 0.679. The summed E-state index contributed by atoms with van der Waals surface area (Å²) >= 11 is 0. The Hall–Kier alpha value is -2.28. The minimum Gasteiger partial charge on any atom is -0.497 e. The fourth-order valence-electron chi connectivity index (χ4n) is 4.00. The van der Waals surface area contributed by atoms with Gasteiger partial charge in [-0.2, -0.15) is 0 Å². The largest absolute Gasteiger partial charge is 0.497 e. The molecule has 3 rings (SSSR count). The maximum atomic E-state index is 13.3. The van der Waals surface area contributed by atoms with Crippen molar-refractivity contribution in [3.8, 4) is 5.75 Å². The average Bonchev–Trinajstić information content (AvgIpc) is 2.97.